The van der Waals surface area contributed by atoms with Crippen LogP contribution < -0.4 is 10.1 Å². The average molecular weight is 313 g/mol. The maximum absolute atomic E-state index is 12.3. The fourth-order valence-electron chi connectivity index (χ4n) is 1.98. The number of nitrogens with zero attached hydrogens (tertiary/aromatic N) is 1. The van der Waals surface area contributed by atoms with Crippen LogP contribution in [0.4, 0.5) is 5.69 Å². The number of hydrogen-bond donors (Lipinski definition) is 2. The number of fused-ring (bicyclic) bond motifs is 1. The van der Waals surface area contributed by atoms with E-state index in [4.69, 9.17) is 21.4 Å². The number of likely N-dealkylation sites (N-methyl/N-ethyl adjacent to an activating group) is 1. The largest absolute Gasteiger partial charge is 0.480 e. The topological polar surface area (TPSA) is 95.9 Å². The minimum atomic E-state index is -1.83. The van der Waals surface area contributed by atoms with E-state index < -0.39 is 29.9 Å². The predicted octanol–water partition coefficient (Wildman–Crippen LogP) is 0.973. The molecular formula is C13H13ClN2O5. The van der Waals surface area contributed by atoms with Gasteiger partial charge >= 0.3 is 5.97 Å². The third-order valence-electron chi connectivity index (χ3n) is 3.06. The monoisotopic (exact) mass is 312 g/mol. The van der Waals surface area contributed by atoms with E-state index in [9.17, 15) is 14.4 Å². The number of rotatable bonds is 3. The Morgan fingerprint density at radius 3 is 2.76 bits per heavy atom. The molecule has 7 nitrogen and oxygen atoms in total. The summed E-state index contributed by atoms with van der Waals surface area (Å²) in [4.78, 5) is 36.0. The molecule has 1 atom stereocenters. The van der Waals surface area contributed by atoms with Crippen molar-refractivity contribution in [3.63, 3.8) is 0 Å². The Morgan fingerprint density at radius 2 is 2.14 bits per heavy atom. The number of carbonyl (C=O) groups is 3. The molecule has 0 aliphatic carbocycles. The second-order valence-electron chi connectivity index (χ2n) is 4.78. The van der Waals surface area contributed by atoms with Gasteiger partial charge in [0, 0.05) is 12.1 Å². The average Bonchev–Trinajstić information content (AvgIpc) is 2.39. The summed E-state index contributed by atoms with van der Waals surface area (Å²) in [6.07, 6.45) is 0. The standard InChI is InChI=1S/C13H13ClN2O5/c1-13(12(20)16(2)6-10(17)18)11(19)15-8-5-7(14)3-4-9(8)21-13/h3-5H,6H2,1-2H3,(H,15,19)(H,17,18). The van der Waals surface area contributed by atoms with E-state index in [0.29, 0.717) is 16.5 Å². The highest BCUT2D eigenvalue weighted by Gasteiger charge is 2.48. The van der Waals surface area contributed by atoms with Crippen LogP contribution >= 0.6 is 11.6 Å². The summed E-state index contributed by atoms with van der Waals surface area (Å²) in [6, 6.07) is 4.59. The second-order valence-corrected chi connectivity index (χ2v) is 5.22. The Balaban J connectivity index is 2.31. The number of ether oxygens (including phenoxy) is 1. The summed E-state index contributed by atoms with van der Waals surface area (Å²) in [5.74, 6) is -2.32. The normalized spacial score (nSPS) is 20.0. The first-order chi connectivity index (χ1) is 9.74. The zero-order valence-corrected chi connectivity index (χ0v) is 12.1. The van der Waals surface area contributed by atoms with E-state index in [1.807, 2.05) is 0 Å². The molecule has 0 spiro atoms. The van der Waals surface area contributed by atoms with Gasteiger partial charge in [0.1, 0.15) is 12.3 Å². The van der Waals surface area contributed by atoms with E-state index in [1.54, 1.807) is 6.07 Å². The lowest BCUT2D eigenvalue weighted by Gasteiger charge is -2.35. The molecule has 2 amide bonds. The lowest BCUT2D eigenvalue weighted by Crippen LogP contribution is -2.59. The first-order valence-electron chi connectivity index (χ1n) is 6.01. The van der Waals surface area contributed by atoms with Gasteiger partial charge in [-0.15, -0.1) is 0 Å². The Hall–Kier alpha value is -2.28. The van der Waals surface area contributed by atoms with Gasteiger partial charge in [-0.1, -0.05) is 11.6 Å². The van der Waals surface area contributed by atoms with Crippen molar-refractivity contribution in [3.05, 3.63) is 23.2 Å². The number of nitrogens with one attached hydrogen (secondary N) is 1. The molecule has 1 aliphatic heterocycles. The van der Waals surface area contributed by atoms with E-state index >= 15 is 0 Å². The smallest absolute Gasteiger partial charge is 0.323 e. The molecule has 0 radical (unpaired) electrons. The van der Waals surface area contributed by atoms with Crippen molar-refractivity contribution < 1.29 is 24.2 Å². The van der Waals surface area contributed by atoms with Gasteiger partial charge in [0.15, 0.2) is 0 Å². The predicted molar refractivity (Wildman–Crippen MR) is 74.4 cm³/mol. The molecule has 2 rings (SSSR count). The number of carboxylic acids is 1. The molecule has 1 aromatic rings. The number of benzene rings is 1. The van der Waals surface area contributed by atoms with Gasteiger partial charge in [-0.25, -0.2) is 0 Å². The van der Waals surface area contributed by atoms with Gasteiger partial charge in [0.25, 0.3) is 17.4 Å². The SMILES string of the molecule is CN(CC(=O)O)C(=O)C1(C)Oc2ccc(Cl)cc2NC1=O. The fourth-order valence-corrected chi connectivity index (χ4v) is 2.15. The third-order valence-corrected chi connectivity index (χ3v) is 3.30. The minimum absolute atomic E-state index is 0.290. The van der Waals surface area contributed by atoms with Crippen LogP contribution in [-0.4, -0.2) is 47.0 Å². The van der Waals surface area contributed by atoms with Gasteiger partial charge in [-0.2, -0.15) is 0 Å². The maximum Gasteiger partial charge on any atom is 0.323 e. The van der Waals surface area contributed by atoms with Crippen LogP contribution in [-0.2, 0) is 14.4 Å². The van der Waals surface area contributed by atoms with E-state index in [0.717, 1.165) is 4.90 Å². The van der Waals surface area contributed by atoms with Crippen LogP contribution in [0.3, 0.4) is 0 Å². The molecule has 1 unspecified atom stereocenters. The van der Waals surface area contributed by atoms with E-state index in [-0.39, 0.29) is 0 Å². The Labute approximate surface area is 125 Å². The highest BCUT2D eigenvalue weighted by atomic mass is 35.5. The summed E-state index contributed by atoms with van der Waals surface area (Å²) in [6.45, 7) is 0.763. The summed E-state index contributed by atoms with van der Waals surface area (Å²) < 4.78 is 5.50. The highest BCUT2D eigenvalue weighted by molar-refractivity contribution is 6.31. The lowest BCUT2D eigenvalue weighted by atomic mass is 10.0. The lowest BCUT2D eigenvalue weighted by molar-refractivity contribution is -0.157. The van der Waals surface area contributed by atoms with Crippen molar-refractivity contribution in [2.24, 2.45) is 0 Å². The molecule has 0 saturated heterocycles. The van der Waals surface area contributed by atoms with Crippen molar-refractivity contribution >= 4 is 35.1 Å². The van der Waals surface area contributed by atoms with Crippen LogP contribution in [0.1, 0.15) is 6.92 Å². The number of halogens is 1. The number of anilines is 1. The van der Waals surface area contributed by atoms with Crippen molar-refractivity contribution in [2.75, 3.05) is 18.9 Å². The quantitative estimate of drug-likeness (QED) is 0.811. The molecular weight excluding hydrogens is 300 g/mol. The zero-order chi connectivity index (χ0) is 15.8. The minimum Gasteiger partial charge on any atom is -0.480 e. The van der Waals surface area contributed by atoms with Gasteiger partial charge < -0.3 is 20.1 Å². The van der Waals surface area contributed by atoms with Crippen molar-refractivity contribution in [1.29, 1.82) is 0 Å². The Morgan fingerprint density at radius 1 is 1.48 bits per heavy atom. The van der Waals surface area contributed by atoms with Crippen LogP contribution in [0.2, 0.25) is 5.02 Å². The number of amides is 2. The molecule has 0 bridgehead atoms. The number of carbonyl (C=O) groups excluding carboxylic acids is 2. The first-order valence-corrected chi connectivity index (χ1v) is 6.39. The summed E-state index contributed by atoms with van der Waals surface area (Å²) >= 11 is 5.82. The van der Waals surface area contributed by atoms with E-state index in [1.165, 1.54) is 26.1 Å². The van der Waals surface area contributed by atoms with Crippen LogP contribution in [0.25, 0.3) is 0 Å². The van der Waals surface area contributed by atoms with Crippen molar-refractivity contribution in [3.8, 4) is 5.75 Å². The third kappa shape index (κ3) is 2.78. The van der Waals surface area contributed by atoms with Crippen molar-refractivity contribution in [1.82, 2.24) is 4.90 Å². The molecule has 1 heterocycles. The number of hydrogen-bond acceptors (Lipinski definition) is 4. The van der Waals surface area contributed by atoms with Crippen LogP contribution in [0.5, 0.6) is 5.75 Å². The molecule has 0 saturated carbocycles. The second kappa shape index (κ2) is 5.25. The molecule has 0 aromatic heterocycles. The molecule has 8 heteroatoms. The summed E-state index contributed by atoms with van der Waals surface area (Å²) in [7, 11) is 1.29. The molecule has 112 valence electrons. The zero-order valence-electron chi connectivity index (χ0n) is 11.3. The molecule has 2 N–H and O–H groups in total. The van der Waals surface area contributed by atoms with E-state index in [2.05, 4.69) is 5.32 Å². The number of aliphatic carboxylic acids is 1. The molecule has 0 fully saturated rings. The summed E-state index contributed by atoms with van der Waals surface area (Å²) in [5.41, 5.74) is -1.47. The van der Waals surface area contributed by atoms with Crippen LogP contribution in [0.15, 0.2) is 18.2 Å². The van der Waals surface area contributed by atoms with Gasteiger partial charge in [0.05, 0.1) is 5.69 Å². The van der Waals surface area contributed by atoms with Gasteiger partial charge in [-0.05, 0) is 25.1 Å². The molecule has 1 aromatic carbocycles. The van der Waals surface area contributed by atoms with Gasteiger partial charge in [-0.3, -0.25) is 14.4 Å². The Kier molecular flexibility index (Phi) is 3.78. The van der Waals surface area contributed by atoms with Crippen LogP contribution in [0, 0.1) is 0 Å². The highest BCUT2D eigenvalue weighted by Crippen LogP contribution is 2.36. The first kappa shape index (κ1) is 15.1. The summed E-state index contributed by atoms with van der Waals surface area (Å²) in [5, 5.41) is 11.7. The fraction of sp³-hybridized carbons (Fsp3) is 0.308. The number of carboxylic acid groups (broad SMARTS) is 1. The van der Waals surface area contributed by atoms with Crippen molar-refractivity contribution in [2.45, 2.75) is 12.5 Å². The maximum atomic E-state index is 12.3. The van der Waals surface area contributed by atoms with Gasteiger partial charge in [0.2, 0.25) is 0 Å². The molecule has 1 aliphatic rings. The molecule has 21 heavy (non-hydrogen) atoms. The Bertz CT molecular complexity index is 633.